The normalized spacial score (nSPS) is 11.0. The molecule has 0 aliphatic heterocycles. The molecule has 2 aromatic rings. The van der Waals surface area contributed by atoms with Gasteiger partial charge in [-0.25, -0.2) is 4.98 Å². The van der Waals surface area contributed by atoms with Gasteiger partial charge in [0.2, 0.25) is 0 Å². The topological polar surface area (TPSA) is 53.0 Å². The van der Waals surface area contributed by atoms with E-state index >= 15 is 0 Å². The summed E-state index contributed by atoms with van der Waals surface area (Å²) in [4.78, 5) is 15.4. The fourth-order valence-corrected chi connectivity index (χ4v) is 3.60. The number of aromatic nitrogens is 1. The van der Waals surface area contributed by atoms with Crippen LogP contribution in [0, 0.1) is 13.8 Å². The molecular weight excluding hydrogens is 294 g/mol. The minimum atomic E-state index is -1.00. The van der Waals surface area contributed by atoms with Crippen LogP contribution >= 0.6 is 11.8 Å². The van der Waals surface area contributed by atoms with Crippen LogP contribution in [0.3, 0.4) is 0 Å². The summed E-state index contributed by atoms with van der Waals surface area (Å²) in [6, 6.07) is 6.29. The van der Waals surface area contributed by atoms with Gasteiger partial charge >= 0.3 is 0 Å². The number of hydrogen-bond donors (Lipinski definition) is 0. The molecule has 4 heteroatoms. The molecule has 0 spiro atoms. The van der Waals surface area contributed by atoms with Gasteiger partial charge in [0.25, 0.3) is 0 Å². The van der Waals surface area contributed by atoms with E-state index in [1.807, 2.05) is 6.07 Å². The van der Waals surface area contributed by atoms with Gasteiger partial charge in [-0.3, -0.25) is 0 Å². The van der Waals surface area contributed by atoms with E-state index in [9.17, 15) is 9.90 Å². The number of pyridine rings is 1. The second-order valence-electron chi connectivity index (χ2n) is 5.62. The van der Waals surface area contributed by atoms with Crippen LogP contribution in [0.15, 0.2) is 23.2 Å². The maximum absolute atomic E-state index is 10.6. The summed E-state index contributed by atoms with van der Waals surface area (Å²) in [6.07, 6.45) is 3.31. The Morgan fingerprint density at radius 1 is 1.32 bits per heavy atom. The predicted octanol–water partition coefficient (Wildman–Crippen LogP) is 3.43. The maximum Gasteiger partial charge on any atom is 0.100 e. The van der Waals surface area contributed by atoms with E-state index in [0.717, 1.165) is 29.8 Å². The highest BCUT2D eigenvalue weighted by Crippen LogP contribution is 2.31. The number of aryl methyl sites for hydroxylation is 2. The number of nitrogens with zero attached hydrogens (tertiary/aromatic N) is 1. The Kier molecular flexibility index (Phi) is 5.83. The van der Waals surface area contributed by atoms with Crippen molar-refractivity contribution >= 4 is 28.6 Å². The molecular formula is C18H22NO2S-. The highest BCUT2D eigenvalue weighted by atomic mass is 32.2. The Morgan fingerprint density at radius 3 is 2.77 bits per heavy atom. The van der Waals surface area contributed by atoms with Crippen molar-refractivity contribution in [2.24, 2.45) is 0 Å². The number of unbranched alkanes of at least 4 members (excludes halogenated alkanes) is 1. The van der Waals surface area contributed by atoms with Crippen LogP contribution in [-0.4, -0.2) is 16.7 Å². The molecule has 0 atom stereocenters. The summed E-state index contributed by atoms with van der Waals surface area (Å²) in [5, 5.41) is 12.8. The number of carbonyl (C=O) groups excluding carboxylic acids is 1. The Hall–Kier alpha value is -1.55. The second-order valence-corrected chi connectivity index (χ2v) is 6.70. The summed E-state index contributed by atoms with van der Waals surface area (Å²) in [5.74, 6) is -0.499. The van der Waals surface area contributed by atoms with Gasteiger partial charge in [-0.2, -0.15) is 0 Å². The third kappa shape index (κ3) is 4.01. The van der Waals surface area contributed by atoms with E-state index in [2.05, 4.69) is 32.9 Å². The largest absolute Gasteiger partial charge is 0.550 e. The van der Waals surface area contributed by atoms with Gasteiger partial charge in [-0.05, 0) is 56.4 Å². The molecule has 22 heavy (non-hydrogen) atoms. The lowest BCUT2D eigenvalue weighted by molar-refractivity contribution is -0.305. The minimum Gasteiger partial charge on any atom is -0.550 e. The Morgan fingerprint density at radius 2 is 2.09 bits per heavy atom. The van der Waals surface area contributed by atoms with Gasteiger partial charge < -0.3 is 9.90 Å². The van der Waals surface area contributed by atoms with E-state index in [0.29, 0.717) is 5.75 Å². The second kappa shape index (κ2) is 7.63. The van der Waals surface area contributed by atoms with E-state index < -0.39 is 5.97 Å². The van der Waals surface area contributed by atoms with Gasteiger partial charge in [-0.15, -0.1) is 11.8 Å². The van der Waals surface area contributed by atoms with Crippen molar-refractivity contribution in [1.29, 1.82) is 0 Å². The summed E-state index contributed by atoms with van der Waals surface area (Å²) >= 11 is 1.53. The number of carbonyl (C=O) groups is 1. The summed E-state index contributed by atoms with van der Waals surface area (Å²) in [7, 11) is 0. The molecule has 0 fully saturated rings. The Balaban J connectivity index is 2.42. The van der Waals surface area contributed by atoms with Gasteiger partial charge in [0, 0.05) is 17.1 Å². The van der Waals surface area contributed by atoms with Crippen molar-refractivity contribution in [3.05, 3.63) is 34.9 Å². The van der Waals surface area contributed by atoms with E-state index in [-0.39, 0.29) is 6.42 Å². The molecule has 0 amide bonds. The van der Waals surface area contributed by atoms with E-state index in [1.54, 1.807) is 0 Å². The van der Waals surface area contributed by atoms with Crippen LogP contribution in [-0.2, 0) is 11.2 Å². The van der Waals surface area contributed by atoms with Crippen molar-refractivity contribution in [2.75, 3.05) is 5.75 Å². The van der Waals surface area contributed by atoms with Crippen molar-refractivity contribution < 1.29 is 9.90 Å². The Labute approximate surface area is 136 Å². The first kappa shape index (κ1) is 16.8. The molecule has 0 aliphatic rings. The van der Waals surface area contributed by atoms with Crippen LogP contribution in [0.2, 0.25) is 0 Å². The molecule has 0 aliphatic carbocycles. The number of hydrogen-bond acceptors (Lipinski definition) is 4. The lowest BCUT2D eigenvalue weighted by atomic mass is 10.00. The molecule has 1 aromatic heterocycles. The van der Waals surface area contributed by atoms with Crippen molar-refractivity contribution in [3.63, 3.8) is 0 Å². The number of carboxylic acids is 1. The maximum atomic E-state index is 10.6. The first-order valence-electron chi connectivity index (χ1n) is 7.75. The minimum absolute atomic E-state index is 0.0601. The Bertz CT molecular complexity index is 682. The highest BCUT2D eigenvalue weighted by molar-refractivity contribution is 7.99. The standard InChI is InChI=1S/C18H23NO2S/c1-4-5-6-14-13(3)15-11-12(2)7-8-16(15)19-18(14)22-10-9-17(20)21/h7-8,11H,4-6,9-10H2,1-3H3,(H,20,21)/p-1. The molecule has 0 N–H and O–H groups in total. The zero-order valence-corrected chi connectivity index (χ0v) is 14.3. The molecule has 118 valence electrons. The summed E-state index contributed by atoms with van der Waals surface area (Å²) in [6.45, 7) is 6.42. The lowest BCUT2D eigenvalue weighted by Crippen LogP contribution is -2.22. The summed E-state index contributed by atoms with van der Waals surface area (Å²) < 4.78 is 0. The molecule has 3 nitrogen and oxygen atoms in total. The third-order valence-corrected chi connectivity index (χ3v) is 4.83. The first-order chi connectivity index (χ1) is 10.5. The number of rotatable bonds is 7. The number of benzene rings is 1. The monoisotopic (exact) mass is 316 g/mol. The molecule has 0 unspecified atom stereocenters. The third-order valence-electron chi connectivity index (χ3n) is 3.81. The molecule has 0 saturated carbocycles. The molecule has 2 rings (SSSR count). The smallest absolute Gasteiger partial charge is 0.100 e. The van der Waals surface area contributed by atoms with Crippen LogP contribution in [0.5, 0.6) is 0 Å². The van der Waals surface area contributed by atoms with Gasteiger partial charge in [-0.1, -0.05) is 25.0 Å². The average Bonchev–Trinajstić information content (AvgIpc) is 2.47. The zero-order chi connectivity index (χ0) is 16.1. The van der Waals surface area contributed by atoms with E-state index in [4.69, 9.17) is 4.98 Å². The number of carboxylic acid groups (broad SMARTS) is 1. The number of fused-ring (bicyclic) bond motifs is 1. The fraction of sp³-hybridized carbons (Fsp3) is 0.444. The predicted molar refractivity (Wildman–Crippen MR) is 90.2 cm³/mol. The molecule has 0 radical (unpaired) electrons. The fourth-order valence-electron chi connectivity index (χ4n) is 2.55. The van der Waals surface area contributed by atoms with Crippen LogP contribution in [0.1, 0.15) is 42.9 Å². The first-order valence-corrected chi connectivity index (χ1v) is 8.74. The lowest BCUT2D eigenvalue weighted by Gasteiger charge is -2.15. The van der Waals surface area contributed by atoms with Crippen molar-refractivity contribution in [3.8, 4) is 0 Å². The molecule has 1 aromatic carbocycles. The van der Waals surface area contributed by atoms with Crippen molar-refractivity contribution in [2.45, 2.75) is 51.5 Å². The van der Waals surface area contributed by atoms with Gasteiger partial charge in [0.1, 0.15) is 5.03 Å². The molecule has 0 bridgehead atoms. The molecule has 1 heterocycles. The zero-order valence-electron chi connectivity index (χ0n) is 13.4. The van der Waals surface area contributed by atoms with Crippen LogP contribution in [0.25, 0.3) is 10.9 Å². The van der Waals surface area contributed by atoms with Crippen LogP contribution in [0.4, 0.5) is 0 Å². The SMILES string of the molecule is CCCCc1c(SCCC(=O)[O-])nc2ccc(C)cc2c1C. The quantitative estimate of drug-likeness (QED) is 0.734. The number of aliphatic carboxylic acids is 1. The number of thioether (sulfide) groups is 1. The van der Waals surface area contributed by atoms with Crippen molar-refractivity contribution in [1.82, 2.24) is 4.98 Å². The van der Waals surface area contributed by atoms with Crippen LogP contribution < -0.4 is 5.11 Å². The average molecular weight is 316 g/mol. The van der Waals surface area contributed by atoms with E-state index in [1.165, 1.54) is 33.8 Å². The summed E-state index contributed by atoms with van der Waals surface area (Å²) in [5.41, 5.74) is 4.76. The highest BCUT2D eigenvalue weighted by Gasteiger charge is 2.12. The molecule has 0 saturated heterocycles. The van der Waals surface area contributed by atoms with Gasteiger partial charge in [0.05, 0.1) is 5.52 Å². The van der Waals surface area contributed by atoms with Gasteiger partial charge in [0.15, 0.2) is 0 Å².